The molecule has 0 N–H and O–H groups in total. The largest absolute Gasteiger partial charge is 0.455 e. The van der Waals surface area contributed by atoms with E-state index in [1.807, 2.05) is 36.4 Å². The van der Waals surface area contributed by atoms with Gasteiger partial charge in [-0.1, -0.05) is 125 Å². The van der Waals surface area contributed by atoms with Crippen molar-refractivity contribution in [2.75, 3.05) is 0 Å². The molecule has 6 heteroatoms. The molecule has 284 valence electrons. The lowest BCUT2D eigenvalue weighted by Crippen LogP contribution is -2.33. The monoisotopic (exact) mass is 763 g/mol. The Bertz CT molecular complexity index is 3500. The fourth-order valence-corrected chi connectivity index (χ4v) is 9.83. The van der Waals surface area contributed by atoms with Crippen molar-refractivity contribution in [2.45, 2.75) is 51.4 Å². The Hall–Kier alpha value is -7.05. The molecule has 0 bridgehead atoms. The molecule has 0 atom stereocenters. The van der Waals surface area contributed by atoms with Crippen LogP contribution in [0.1, 0.15) is 51.7 Å². The summed E-state index contributed by atoms with van der Waals surface area (Å²) in [5.74, 6) is 1.71. The summed E-state index contributed by atoms with van der Waals surface area (Å²) in [5, 5.41) is 6.83. The Balaban J connectivity index is 1.19. The van der Waals surface area contributed by atoms with Crippen molar-refractivity contribution in [3.63, 3.8) is 0 Å². The summed E-state index contributed by atoms with van der Waals surface area (Å²) >= 11 is 0. The number of nitrogens with zero attached hydrogens (tertiary/aromatic N) is 5. The SMILES string of the molecule is CC1(C)CCC(C)(C)c2cc3c(cc21)c1cc2c(cc1n3-c1ccccc1)c1ccccc1n2-c1nc(-c2ccccc2)nc(-c2cccc3c2oc2ccccc23)n1. The van der Waals surface area contributed by atoms with E-state index in [0.717, 1.165) is 73.4 Å². The molecular weight excluding hydrogens is 723 g/mol. The van der Waals surface area contributed by atoms with Crippen molar-refractivity contribution >= 4 is 65.6 Å². The van der Waals surface area contributed by atoms with E-state index in [0.29, 0.717) is 17.6 Å². The maximum Gasteiger partial charge on any atom is 0.238 e. The average molecular weight is 764 g/mol. The Morgan fingerprint density at radius 2 is 1.03 bits per heavy atom. The van der Waals surface area contributed by atoms with E-state index in [4.69, 9.17) is 19.4 Å². The first-order chi connectivity index (χ1) is 28.7. The first-order valence-electron chi connectivity index (χ1n) is 20.6. The third-order valence-electron chi connectivity index (χ3n) is 13.0. The van der Waals surface area contributed by atoms with Crippen LogP contribution < -0.4 is 0 Å². The molecule has 4 heterocycles. The molecule has 0 fully saturated rings. The minimum atomic E-state index is 0.0665. The van der Waals surface area contributed by atoms with Crippen LogP contribution in [-0.2, 0) is 10.8 Å². The van der Waals surface area contributed by atoms with E-state index in [-0.39, 0.29) is 10.8 Å². The van der Waals surface area contributed by atoms with E-state index in [9.17, 15) is 0 Å². The van der Waals surface area contributed by atoms with Crippen molar-refractivity contribution in [2.24, 2.45) is 0 Å². The minimum Gasteiger partial charge on any atom is -0.455 e. The number of fused-ring (bicyclic) bond motifs is 10. The van der Waals surface area contributed by atoms with Gasteiger partial charge in [-0.05, 0) is 89.4 Å². The van der Waals surface area contributed by atoms with Crippen LogP contribution in [-0.4, -0.2) is 24.1 Å². The van der Waals surface area contributed by atoms with Crippen LogP contribution in [0.4, 0.5) is 0 Å². The van der Waals surface area contributed by atoms with Crippen LogP contribution in [0.5, 0.6) is 0 Å². The lowest BCUT2D eigenvalue weighted by Gasteiger charge is -2.42. The molecule has 0 radical (unpaired) electrons. The number of hydrogen-bond acceptors (Lipinski definition) is 4. The first-order valence-corrected chi connectivity index (χ1v) is 20.6. The summed E-state index contributed by atoms with van der Waals surface area (Å²) in [7, 11) is 0. The second kappa shape index (κ2) is 12.2. The van der Waals surface area contributed by atoms with E-state index in [1.54, 1.807) is 0 Å². The van der Waals surface area contributed by atoms with Gasteiger partial charge in [0.15, 0.2) is 11.6 Å². The molecule has 0 aliphatic heterocycles. The Labute approximate surface area is 341 Å². The smallest absolute Gasteiger partial charge is 0.238 e. The lowest BCUT2D eigenvalue weighted by atomic mass is 9.63. The summed E-state index contributed by atoms with van der Waals surface area (Å²) in [6.07, 6.45) is 2.31. The quantitative estimate of drug-likeness (QED) is 0.179. The van der Waals surface area contributed by atoms with Gasteiger partial charge in [0.25, 0.3) is 0 Å². The number of para-hydroxylation sites is 4. The maximum atomic E-state index is 6.54. The Kier molecular flexibility index (Phi) is 7.05. The third kappa shape index (κ3) is 5.02. The van der Waals surface area contributed by atoms with E-state index < -0.39 is 0 Å². The second-order valence-corrected chi connectivity index (χ2v) is 17.5. The second-order valence-electron chi connectivity index (χ2n) is 17.5. The molecule has 59 heavy (non-hydrogen) atoms. The molecule has 12 rings (SSSR count). The van der Waals surface area contributed by atoms with E-state index in [2.05, 4.69) is 152 Å². The summed E-state index contributed by atoms with van der Waals surface area (Å²) in [6, 6.07) is 53.8. The number of furan rings is 1. The molecule has 0 amide bonds. The van der Waals surface area contributed by atoms with Gasteiger partial charge in [-0.2, -0.15) is 9.97 Å². The van der Waals surface area contributed by atoms with Crippen molar-refractivity contribution in [3.8, 4) is 34.4 Å². The van der Waals surface area contributed by atoms with Gasteiger partial charge in [-0.15, -0.1) is 0 Å². The van der Waals surface area contributed by atoms with Gasteiger partial charge >= 0.3 is 0 Å². The average Bonchev–Trinajstić information content (AvgIpc) is 3.92. The van der Waals surface area contributed by atoms with Crippen molar-refractivity contribution in [3.05, 3.63) is 163 Å². The van der Waals surface area contributed by atoms with E-state index >= 15 is 0 Å². The molecule has 1 aliphatic carbocycles. The number of benzene rings is 7. The molecular formula is C53H41N5O. The van der Waals surface area contributed by atoms with Gasteiger partial charge in [-0.3, -0.25) is 4.57 Å². The highest BCUT2D eigenvalue weighted by atomic mass is 16.3. The molecule has 0 saturated carbocycles. The molecule has 0 unspecified atom stereocenters. The van der Waals surface area contributed by atoms with Gasteiger partial charge in [0.05, 0.1) is 27.6 Å². The predicted molar refractivity (Wildman–Crippen MR) is 242 cm³/mol. The van der Waals surface area contributed by atoms with Crippen molar-refractivity contribution in [1.29, 1.82) is 0 Å². The van der Waals surface area contributed by atoms with Gasteiger partial charge in [-0.25, -0.2) is 4.98 Å². The fourth-order valence-electron chi connectivity index (χ4n) is 9.83. The normalized spacial score (nSPS) is 14.9. The van der Waals surface area contributed by atoms with Crippen LogP contribution in [0.25, 0.3) is 100.0 Å². The number of aromatic nitrogens is 5. The zero-order valence-corrected chi connectivity index (χ0v) is 33.5. The molecule has 7 aromatic carbocycles. The zero-order valence-electron chi connectivity index (χ0n) is 33.5. The molecule has 4 aromatic heterocycles. The van der Waals surface area contributed by atoms with Gasteiger partial charge in [0.2, 0.25) is 5.95 Å². The van der Waals surface area contributed by atoms with Crippen LogP contribution in [0.15, 0.2) is 156 Å². The highest BCUT2D eigenvalue weighted by Gasteiger charge is 2.38. The Morgan fingerprint density at radius 3 is 1.81 bits per heavy atom. The standard InChI is InChI=1S/C53H41N5O/c1-52(2)26-27-53(3,4)42-31-46-38(28-41(42)52)40-30-45-39(29-44(40)57(46)33-18-9-6-10-19-33)34-20-11-13-24-43(34)58(45)51-55-49(32-16-7-5-8-17-32)54-50(56-51)37-23-15-22-36-35-21-12-14-25-47(35)59-48(36)37/h5-25,28-31H,26-27H2,1-4H3. The fraction of sp³-hybridized carbons (Fsp3) is 0.151. The summed E-state index contributed by atoms with van der Waals surface area (Å²) in [4.78, 5) is 15.8. The molecule has 6 nitrogen and oxygen atoms in total. The lowest BCUT2D eigenvalue weighted by molar-refractivity contribution is 0.332. The maximum absolute atomic E-state index is 6.54. The highest BCUT2D eigenvalue weighted by molar-refractivity contribution is 6.19. The van der Waals surface area contributed by atoms with Crippen molar-refractivity contribution < 1.29 is 4.42 Å². The van der Waals surface area contributed by atoms with Crippen LogP contribution in [0.3, 0.4) is 0 Å². The van der Waals surface area contributed by atoms with E-state index in [1.165, 1.54) is 32.9 Å². The molecule has 0 saturated heterocycles. The topological polar surface area (TPSA) is 61.7 Å². The van der Waals surface area contributed by atoms with Crippen LogP contribution >= 0.6 is 0 Å². The first kappa shape index (κ1) is 34.0. The number of hydrogen-bond donors (Lipinski definition) is 0. The molecule has 0 spiro atoms. The van der Waals surface area contributed by atoms with Crippen molar-refractivity contribution in [1.82, 2.24) is 24.1 Å². The molecule has 11 aromatic rings. The van der Waals surface area contributed by atoms with Gasteiger partial charge < -0.3 is 8.98 Å². The summed E-state index contributed by atoms with van der Waals surface area (Å²) < 4.78 is 11.2. The molecule has 1 aliphatic rings. The van der Waals surface area contributed by atoms with Gasteiger partial charge in [0, 0.05) is 43.6 Å². The third-order valence-corrected chi connectivity index (χ3v) is 13.0. The zero-order chi connectivity index (χ0) is 39.6. The summed E-state index contributed by atoms with van der Waals surface area (Å²) in [6.45, 7) is 9.64. The van der Waals surface area contributed by atoms with Crippen LogP contribution in [0.2, 0.25) is 0 Å². The number of rotatable bonds is 4. The summed E-state index contributed by atoms with van der Waals surface area (Å²) in [5.41, 5.74) is 12.0. The minimum absolute atomic E-state index is 0.0665. The van der Waals surface area contributed by atoms with Gasteiger partial charge in [0.1, 0.15) is 11.2 Å². The highest BCUT2D eigenvalue weighted by Crippen LogP contribution is 2.49. The predicted octanol–water partition coefficient (Wildman–Crippen LogP) is 13.6. The Morgan fingerprint density at radius 1 is 0.458 bits per heavy atom. The van der Waals surface area contributed by atoms with Crippen LogP contribution in [0, 0.1) is 0 Å².